The summed E-state index contributed by atoms with van der Waals surface area (Å²) in [6.45, 7) is 2.21. The van der Waals surface area contributed by atoms with Crippen molar-refractivity contribution in [2.75, 3.05) is 0 Å². The summed E-state index contributed by atoms with van der Waals surface area (Å²) < 4.78 is 0.757. The fourth-order valence-corrected chi connectivity index (χ4v) is 3.33. The molecule has 0 radical (unpaired) electrons. The second-order valence-corrected chi connectivity index (χ2v) is 6.34. The average molecular weight is 328 g/mol. The summed E-state index contributed by atoms with van der Waals surface area (Å²) in [5, 5.41) is 20.8. The summed E-state index contributed by atoms with van der Waals surface area (Å²) in [6, 6.07) is 4.85. The van der Waals surface area contributed by atoms with E-state index in [4.69, 9.17) is 0 Å². The molecule has 0 aliphatic heterocycles. The minimum Gasteiger partial charge on any atom is -0.393 e. The van der Waals surface area contributed by atoms with Gasteiger partial charge in [-0.05, 0) is 43.1 Å². The highest BCUT2D eigenvalue weighted by molar-refractivity contribution is 9.10. The lowest BCUT2D eigenvalue weighted by Crippen LogP contribution is -2.29. The van der Waals surface area contributed by atoms with Crippen molar-refractivity contribution in [2.24, 2.45) is 11.8 Å². The predicted octanol–water partition coefficient (Wildman–Crippen LogP) is 3.70. The minimum absolute atomic E-state index is 0.0909. The van der Waals surface area contributed by atoms with Crippen molar-refractivity contribution in [1.82, 2.24) is 0 Å². The van der Waals surface area contributed by atoms with E-state index in [9.17, 15) is 15.2 Å². The number of aliphatic hydroxyl groups is 1. The Hall–Kier alpha value is -0.940. The molecule has 1 fully saturated rings. The third kappa shape index (κ3) is 3.54. The van der Waals surface area contributed by atoms with Gasteiger partial charge in [-0.1, -0.05) is 28.9 Å². The predicted molar refractivity (Wildman–Crippen MR) is 77.0 cm³/mol. The number of hydrogen-bond acceptors (Lipinski definition) is 3. The first-order chi connectivity index (χ1) is 8.97. The lowest BCUT2D eigenvalue weighted by atomic mass is 9.77. The van der Waals surface area contributed by atoms with Crippen LogP contribution in [-0.4, -0.2) is 16.1 Å². The Balaban J connectivity index is 2.12. The van der Waals surface area contributed by atoms with Crippen LogP contribution in [0.4, 0.5) is 5.69 Å². The smallest absolute Gasteiger partial charge is 0.270 e. The molecule has 2 rings (SSSR count). The molecule has 104 valence electrons. The number of aliphatic hydroxyl groups excluding tert-OH is 1. The minimum atomic E-state index is -0.397. The van der Waals surface area contributed by atoms with Crippen molar-refractivity contribution in [3.63, 3.8) is 0 Å². The molecular formula is C14H18BrNO3. The van der Waals surface area contributed by atoms with E-state index in [1.165, 1.54) is 12.1 Å². The maximum Gasteiger partial charge on any atom is 0.270 e. The first-order valence-corrected chi connectivity index (χ1v) is 7.37. The molecule has 1 aromatic carbocycles. The molecule has 0 spiro atoms. The summed E-state index contributed by atoms with van der Waals surface area (Å²) in [6.07, 6.45) is 3.47. The Labute approximate surface area is 121 Å². The van der Waals surface area contributed by atoms with Crippen molar-refractivity contribution in [3.05, 3.63) is 38.3 Å². The van der Waals surface area contributed by atoms with E-state index in [1.54, 1.807) is 6.07 Å². The summed E-state index contributed by atoms with van der Waals surface area (Å²) in [5.74, 6) is 0.895. The van der Waals surface area contributed by atoms with Gasteiger partial charge >= 0.3 is 0 Å². The van der Waals surface area contributed by atoms with Crippen LogP contribution in [0.1, 0.15) is 31.7 Å². The van der Waals surface area contributed by atoms with E-state index in [2.05, 4.69) is 22.9 Å². The van der Waals surface area contributed by atoms with Gasteiger partial charge in [0, 0.05) is 16.6 Å². The summed E-state index contributed by atoms with van der Waals surface area (Å²) >= 11 is 3.39. The van der Waals surface area contributed by atoms with Gasteiger partial charge in [0.1, 0.15) is 0 Å². The lowest BCUT2D eigenvalue weighted by Gasteiger charge is -2.31. The molecule has 0 amide bonds. The molecule has 1 aromatic rings. The Morgan fingerprint density at radius 3 is 2.84 bits per heavy atom. The maximum atomic E-state index is 10.7. The number of halogens is 1. The second kappa shape index (κ2) is 6.01. The highest BCUT2D eigenvalue weighted by Crippen LogP contribution is 2.33. The average Bonchev–Trinajstić information content (AvgIpc) is 2.36. The van der Waals surface area contributed by atoms with Gasteiger partial charge in [-0.2, -0.15) is 0 Å². The molecule has 0 aromatic heterocycles. The molecule has 4 nitrogen and oxygen atoms in total. The molecular weight excluding hydrogens is 310 g/mol. The van der Waals surface area contributed by atoms with Crippen LogP contribution in [0.25, 0.3) is 0 Å². The Kier molecular flexibility index (Phi) is 4.58. The van der Waals surface area contributed by atoms with Gasteiger partial charge in [-0.15, -0.1) is 0 Å². The van der Waals surface area contributed by atoms with Gasteiger partial charge in [0.05, 0.1) is 11.0 Å². The highest BCUT2D eigenvalue weighted by atomic mass is 79.9. The van der Waals surface area contributed by atoms with Crippen LogP contribution in [0.2, 0.25) is 0 Å². The van der Waals surface area contributed by atoms with Crippen molar-refractivity contribution in [2.45, 2.75) is 38.7 Å². The van der Waals surface area contributed by atoms with Crippen LogP contribution in [0.5, 0.6) is 0 Å². The molecule has 0 bridgehead atoms. The Bertz CT molecular complexity index is 478. The lowest BCUT2D eigenvalue weighted by molar-refractivity contribution is -0.384. The number of nitro groups is 1. The van der Waals surface area contributed by atoms with Crippen molar-refractivity contribution in [3.8, 4) is 0 Å². The van der Waals surface area contributed by atoms with Gasteiger partial charge in [0.25, 0.3) is 5.69 Å². The number of nitro benzene ring substituents is 1. The standard InChI is InChI=1S/C14H18BrNO3/c1-9-2-5-14(17)11(6-9)7-10-3-4-12(16(18)19)8-13(10)15/h3-4,8-9,11,14,17H,2,5-7H2,1H3. The largest absolute Gasteiger partial charge is 0.393 e. The number of benzene rings is 1. The van der Waals surface area contributed by atoms with E-state index in [0.717, 1.165) is 35.7 Å². The zero-order valence-corrected chi connectivity index (χ0v) is 12.5. The molecule has 0 heterocycles. The first kappa shape index (κ1) is 14.5. The fourth-order valence-electron chi connectivity index (χ4n) is 2.80. The Morgan fingerprint density at radius 1 is 1.47 bits per heavy atom. The highest BCUT2D eigenvalue weighted by Gasteiger charge is 2.27. The monoisotopic (exact) mass is 327 g/mol. The number of hydrogen-bond donors (Lipinski definition) is 1. The summed E-state index contributed by atoms with van der Waals surface area (Å²) in [5.41, 5.74) is 1.12. The molecule has 3 atom stereocenters. The molecule has 5 heteroatoms. The number of nitrogens with zero attached hydrogens (tertiary/aromatic N) is 1. The van der Waals surface area contributed by atoms with Crippen LogP contribution in [0.15, 0.2) is 22.7 Å². The summed E-state index contributed by atoms with van der Waals surface area (Å²) in [7, 11) is 0. The molecule has 0 saturated heterocycles. The van der Waals surface area contributed by atoms with Crippen molar-refractivity contribution in [1.29, 1.82) is 0 Å². The quantitative estimate of drug-likeness (QED) is 0.680. The van der Waals surface area contributed by atoms with Crippen molar-refractivity contribution >= 4 is 21.6 Å². The zero-order valence-electron chi connectivity index (χ0n) is 10.9. The molecule has 1 saturated carbocycles. The van der Waals surface area contributed by atoms with Crippen LogP contribution >= 0.6 is 15.9 Å². The third-order valence-electron chi connectivity index (χ3n) is 3.93. The van der Waals surface area contributed by atoms with E-state index in [0.29, 0.717) is 5.92 Å². The number of rotatable bonds is 3. The van der Waals surface area contributed by atoms with Crippen LogP contribution in [-0.2, 0) is 6.42 Å². The summed E-state index contributed by atoms with van der Waals surface area (Å²) in [4.78, 5) is 10.3. The van der Waals surface area contributed by atoms with E-state index in [-0.39, 0.29) is 17.7 Å². The third-order valence-corrected chi connectivity index (χ3v) is 4.67. The van der Waals surface area contributed by atoms with E-state index < -0.39 is 4.92 Å². The zero-order chi connectivity index (χ0) is 14.0. The molecule has 19 heavy (non-hydrogen) atoms. The first-order valence-electron chi connectivity index (χ1n) is 6.58. The second-order valence-electron chi connectivity index (χ2n) is 5.48. The molecule has 1 aliphatic rings. The topological polar surface area (TPSA) is 63.4 Å². The van der Waals surface area contributed by atoms with Gasteiger partial charge in [-0.3, -0.25) is 10.1 Å². The van der Waals surface area contributed by atoms with Crippen LogP contribution in [0.3, 0.4) is 0 Å². The van der Waals surface area contributed by atoms with Crippen molar-refractivity contribution < 1.29 is 10.0 Å². The van der Waals surface area contributed by atoms with E-state index >= 15 is 0 Å². The molecule has 1 N–H and O–H groups in total. The van der Waals surface area contributed by atoms with Gasteiger partial charge in [0.2, 0.25) is 0 Å². The fraction of sp³-hybridized carbons (Fsp3) is 0.571. The number of non-ortho nitro benzene ring substituents is 1. The Morgan fingerprint density at radius 2 is 2.21 bits per heavy atom. The molecule has 3 unspecified atom stereocenters. The van der Waals surface area contributed by atoms with Gasteiger partial charge in [-0.25, -0.2) is 0 Å². The van der Waals surface area contributed by atoms with Gasteiger partial charge < -0.3 is 5.11 Å². The van der Waals surface area contributed by atoms with Gasteiger partial charge in [0.15, 0.2) is 0 Å². The normalized spacial score (nSPS) is 27.2. The van der Waals surface area contributed by atoms with Crippen LogP contribution < -0.4 is 0 Å². The maximum absolute atomic E-state index is 10.7. The molecule has 1 aliphatic carbocycles. The SMILES string of the molecule is CC1CCC(O)C(Cc2ccc([N+](=O)[O-])cc2Br)C1. The van der Waals surface area contributed by atoms with Crippen LogP contribution in [0, 0.1) is 22.0 Å². The van der Waals surface area contributed by atoms with E-state index in [1.807, 2.05) is 0 Å².